The number of amides is 1. The van der Waals surface area contributed by atoms with E-state index in [0.717, 1.165) is 35.0 Å². The van der Waals surface area contributed by atoms with Gasteiger partial charge in [0.25, 0.3) is 5.56 Å². The van der Waals surface area contributed by atoms with Crippen LogP contribution in [0, 0.1) is 11.3 Å². The van der Waals surface area contributed by atoms with E-state index >= 15 is 0 Å². The molecule has 3 aromatic rings. The fraction of sp³-hybridized carbons (Fsp3) is 0.500. The highest BCUT2D eigenvalue weighted by molar-refractivity contribution is 7.18. The van der Waals surface area contributed by atoms with Crippen LogP contribution in [0.3, 0.4) is 0 Å². The molecule has 4 rings (SSSR count). The third kappa shape index (κ3) is 5.12. The number of aromatic amines is 1. The van der Waals surface area contributed by atoms with Crippen molar-refractivity contribution in [2.75, 3.05) is 14.2 Å². The van der Waals surface area contributed by atoms with E-state index < -0.39 is 0 Å². The number of aromatic nitrogens is 2. The molecule has 0 saturated carbocycles. The number of hydrogen-bond donors (Lipinski definition) is 2. The molecule has 0 spiro atoms. The second-order valence-electron chi connectivity index (χ2n) is 9.96. The van der Waals surface area contributed by atoms with Crippen molar-refractivity contribution < 1.29 is 14.3 Å². The lowest BCUT2D eigenvalue weighted by Gasteiger charge is -2.33. The molecular weight excluding hydrogens is 450 g/mol. The number of thiophene rings is 1. The van der Waals surface area contributed by atoms with Gasteiger partial charge in [-0.05, 0) is 54.4 Å². The Morgan fingerprint density at radius 2 is 2.06 bits per heavy atom. The second kappa shape index (κ2) is 9.78. The molecule has 0 fully saturated rings. The lowest BCUT2D eigenvalue weighted by Crippen LogP contribution is -2.26. The lowest BCUT2D eigenvalue weighted by molar-refractivity contribution is -0.121. The SMILES string of the molecule is COc1ccc(OC)c(CNC(=O)CCc2nc3sc4c(c3c(=O)[nH]2)CC[C@@H](C(C)(C)C)C4)c1. The first-order valence-electron chi connectivity index (χ1n) is 11.7. The molecule has 0 bridgehead atoms. The van der Waals surface area contributed by atoms with Crippen molar-refractivity contribution in [3.63, 3.8) is 0 Å². The van der Waals surface area contributed by atoms with Crippen molar-refractivity contribution >= 4 is 27.5 Å². The summed E-state index contributed by atoms with van der Waals surface area (Å²) in [5, 5.41) is 3.66. The number of carbonyl (C=O) groups excluding carboxylic acids is 1. The van der Waals surface area contributed by atoms with Gasteiger partial charge in [-0.25, -0.2) is 4.98 Å². The van der Waals surface area contributed by atoms with Gasteiger partial charge in [0.1, 0.15) is 22.2 Å². The van der Waals surface area contributed by atoms with E-state index in [0.29, 0.717) is 36.2 Å². The van der Waals surface area contributed by atoms with Gasteiger partial charge in [0.2, 0.25) is 5.91 Å². The van der Waals surface area contributed by atoms with Crippen LogP contribution in [0.2, 0.25) is 0 Å². The minimum absolute atomic E-state index is 0.0896. The summed E-state index contributed by atoms with van der Waals surface area (Å²) < 4.78 is 10.6. The van der Waals surface area contributed by atoms with Gasteiger partial charge < -0.3 is 19.8 Å². The van der Waals surface area contributed by atoms with E-state index in [9.17, 15) is 9.59 Å². The van der Waals surface area contributed by atoms with Crippen LogP contribution in [0.15, 0.2) is 23.0 Å². The highest BCUT2D eigenvalue weighted by atomic mass is 32.1. The summed E-state index contributed by atoms with van der Waals surface area (Å²) >= 11 is 1.64. The molecule has 8 heteroatoms. The number of nitrogens with one attached hydrogen (secondary N) is 2. The summed E-state index contributed by atoms with van der Waals surface area (Å²) in [5.74, 6) is 2.43. The number of rotatable bonds is 7. The fourth-order valence-corrected chi connectivity index (χ4v) is 5.94. The standard InChI is InChI=1S/C26H33N3O4S/c1-26(2,3)16-6-8-18-20(13-16)34-25-23(18)24(31)28-21(29-25)10-11-22(30)27-14-15-12-17(32-4)7-9-19(15)33-5/h7,9,12,16H,6,8,10-11,13-14H2,1-5H3,(H,27,30)(H,28,29,31)/t16-/m1/s1. The van der Waals surface area contributed by atoms with Gasteiger partial charge in [-0.1, -0.05) is 20.8 Å². The number of nitrogens with zero attached hydrogens (tertiary/aromatic N) is 1. The molecule has 1 aliphatic rings. The molecule has 182 valence electrons. The topological polar surface area (TPSA) is 93.3 Å². The summed E-state index contributed by atoms with van der Waals surface area (Å²) in [6.45, 7) is 7.19. The monoisotopic (exact) mass is 483 g/mol. The number of aryl methyl sites for hydroxylation is 2. The summed E-state index contributed by atoms with van der Waals surface area (Å²) in [7, 11) is 3.19. The average Bonchev–Trinajstić information content (AvgIpc) is 3.18. The van der Waals surface area contributed by atoms with Crippen LogP contribution < -0.4 is 20.3 Å². The molecule has 1 atom stereocenters. The molecule has 0 saturated heterocycles. The second-order valence-corrected chi connectivity index (χ2v) is 11.0. The highest BCUT2D eigenvalue weighted by Gasteiger charge is 2.31. The molecule has 0 aliphatic heterocycles. The Morgan fingerprint density at radius 1 is 1.26 bits per heavy atom. The first-order valence-corrected chi connectivity index (χ1v) is 12.5. The smallest absolute Gasteiger partial charge is 0.259 e. The molecule has 2 N–H and O–H groups in total. The first kappa shape index (κ1) is 24.3. The van der Waals surface area contributed by atoms with Crippen LogP contribution in [0.5, 0.6) is 11.5 Å². The lowest BCUT2D eigenvalue weighted by atomic mass is 9.72. The molecule has 0 unspecified atom stereocenters. The van der Waals surface area contributed by atoms with E-state index in [1.54, 1.807) is 25.6 Å². The normalized spacial score (nSPS) is 15.7. The van der Waals surface area contributed by atoms with E-state index in [1.807, 2.05) is 18.2 Å². The molecular formula is C26H33N3O4S. The zero-order valence-corrected chi connectivity index (χ0v) is 21.4. The van der Waals surface area contributed by atoms with Gasteiger partial charge in [0.05, 0.1) is 19.6 Å². The summed E-state index contributed by atoms with van der Waals surface area (Å²) in [6.07, 6.45) is 3.64. The Balaban J connectivity index is 1.42. The minimum Gasteiger partial charge on any atom is -0.497 e. The molecule has 1 aliphatic carbocycles. The van der Waals surface area contributed by atoms with Crippen molar-refractivity contribution in [3.05, 3.63) is 50.4 Å². The van der Waals surface area contributed by atoms with Gasteiger partial charge in [-0.3, -0.25) is 9.59 Å². The van der Waals surface area contributed by atoms with E-state index in [2.05, 4.69) is 31.1 Å². The summed E-state index contributed by atoms with van der Waals surface area (Å²) in [5.41, 5.74) is 2.17. The maximum atomic E-state index is 12.9. The largest absolute Gasteiger partial charge is 0.497 e. The summed E-state index contributed by atoms with van der Waals surface area (Å²) in [4.78, 5) is 35.1. The minimum atomic E-state index is -0.119. The van der Waals surface area contributed by atoms with E-state index in [4.69, 9.17) is 14.5 Å². The van der Waals surface area contributed by atoms with Crippen molar-refractivity contribution in [2.24, 2.45) is 11.3 Å². The number of carbonyl (C=O) groups is 1. The van der Waals surface area contributed by atoms with E-state index in [1.165, 1.54) is 10.4 Å². The molecule has 34 heavy (non-hydrogen) atoms. The molecule has 0 radical (unpaired) electrons. The predicted octanol–water partition coefficient (Wildman–Crippen LogP) is 4.40. The Kier molecular flexibility index (Phi) is 6.98. The first-order chi connectivity index (χ1) is 16.2. The van der Waals surface area contributed by atoms with Gasteiger partial charge in [0.15, 0.2) is 0 Å². The zero-order chi connectivity index (χ0) is 24.5. The van der Waals surface area contributed by atoms with Crippen LogP contribution in [-0.2, 0) is 30.6 Å². The third-order valence-electron chi connectivity index (χ3n) is 6.75. The van der Waals surface area contributed by atoms with Crippen molar-refractivity contribution in [1.29, 1.82) is 0 Å². The Morgan fingerprint density at radius 3 is 2.76 bits per heavy atom. The van der Waals surface area contributed by atoms with E-state index in [-0.39, 0.29) is 23.3 Å². The molecule has 1 amide bonds. The Labute approximate surface area is 203 Å². The van der Waals surface area contributed by atoms with Crippen molar-refractivity contribution in [1.82, 2.24) is 15.3 Å². The summed E-state index contributed by atoms with van der Waals surface area (Å²) in [6, 6.07) is 5.47. The van der Waals surface area contributed by atoms with Gasteiger partial charge >= 0.3 is 0 Å². The predicted molar refractivity (Wildman–Crippen MR) is 135 cm³/mol. The number of benzene rings is 1. The highest BCUT2D eigenvalue weighted by Crippen LogP contribution is 2.42. The average molecular weight is 484 g/mol. The van der Waals surface area contributed by atoms with Crippen molar-refractivity contribution in [2.45, 2.75) is 59.4 Å². The third-order valence-corrected chi connectivity index (χ3v) is 7.89. The number of fused-ring (bicyclic) bond motifs is 3. The van der Waals surface area contributed by atoms with Crippen LogP contribution in [-0.4, -0.2) is 30.1 Å². The Bertz CT molecular complexity index is 1260. The Hall–Kier alpha value is -2.87. The van der Waals surface area contributed by atoms with Crippen molar-refractivity contribution in [3.8, 4) is 11.5 Å². The number of ether oxygens (including phenoxy) is 2. The quantitative estimate of drug-likeness (QED) is 0.520. The van der Waals surface area contributed by atoms with Gasteiger partial charge in [0, 0.05) is 29.8 Å². The maximum Gasteiger partial charge on any atom is 0.259 e. The zero-order valence-electron chi connectivity index (χ0n) is 20.5. The molecule has 7 nitrogen and oxygen atoms in total. The molecule has 2 aromatic heterocycles. The van der Waals surface area contributed by atoms with Crippen LogP contribution in [0.4, 0.5) is 0 Å². The number of hydrogen-bond acceptors (Lipinski definition) is 6. The maximum absolute atomic E-state index is 12.9. The molecule has 2 heterocycles. The molecule has 1 aromatic carbocycles. The van der Waals surface area contributed by atoms with Gasteiger partial charge in [-0.15, -0.1) is 11.3 Å². The van der Waals surface area contributed by atoms with Crippen LogP contribution in [0.25, 0.3) is 10.2 Å². The van der Waals surface area contributed by atoms with Crippen LogP contribution >= 0.6 is 11.3 Å². The van der Waals surface area contributed by atoms with Gasteiger partial charge in [-0.2, -0.15) is 0 Å². The van der Waals surface area contributed by atoms with Crippen LogP contribution in [0.1, 0.15) is 55.4 Å². The number of H-pyrrole nitrogens is 1. The number of methoxy groups -OCH3 is 2. The fourth-order valence-electron chi connectivity index (χ4n) is 4.62.